The normalized spacial score (nSPS) is 13.3. The van der Waals surface area contributed by atoms with Crippen LogP contribution in [0.15, 0.2) is 24.3 Å². The van der Waals surface area contributed by atoms with Gasteiger partial charge in [0.1, 0.15) is 5.82 Å². The molecule has 0 aromatic heterocycles. The first-order valence-corrected chi connectivity index (χ1v) is 6.83. The van der Waals surface area contributed by atoms with Crippen molar-refractivity contribution in [3.63, 3.8) is 0 Å². The maximum absolute atomic E-state index is 12.9. The summed E-state index contributed by atoms with van der Waals surface area (Å²) in [5, 5.41) is 0. The van der Waals surface area contributed by atoms with Crippen LogP contribution in [0.25, 0.3) is 0 Å². The Hall–Kier alpha value is -1.22. The van der Waals surface area contributed by atoms with E-state index in [1.807, 2.05) is 20.9 Å². The molecule has 1 rings (SSSR count). The minimum absolute atomic E-state index is 0.00616. The van der Waals surface area contributed by atoms with E-state index < -0.39 is 0 Å². The number of hydrogen-bond acceptors (Lipinski definition) is 2. The molecule has 1 atom stereocenters. The van der Waals surface area contributed by atoms with Gasteiger partial charge in [0, 0.05) is 12.0 Å². The fourth-order valence-corrected chi connectivity index (χ4v) is 2.03. The molecular weight excluding hydrogens is 241 g/mol. The molecule has 0 aliphatic heterocycles. The summed E-state index contributed by atoms with van der Waals surface area (Å²) in [5.41, 5.74) is 0.993. The lowest BCUT2D eigenvalue weighted by molar-refractivity contribution is -0.127. The Kier molecular flexibility index (Phi) is 5.67. The van der Waals surface area contributed by atoms with Gasteiger partial charge in [0.2, 0.25) is 0 Å². The highest BCUT2D eigenvalue weighted by Crippen LogP contribution is 2.15. The molecule has 0 radical (unpaired) electrons. The van der Waals surface area contributed by atoms with Gasteiger partial charge in [0.25, 0.3) is 0 Å². The van der Waals surface area contributed by atoms with Crippen LogP contribution in [-0.4, -0.2) is 29.8 Å². The van der Waals surface area contributed by atoms with Crippen molar-refractivity contribution in [2.45, 2.75) is 46.2 Å². The summed E-state index contributed by atoms with van der Waals surface area (Å²) in [7, 11) is 1.97. The van der Waals surface area contributed by atoms with Crippen LogP contribution in [0.3, 0.4) is 0 Å². The van der Waals surface area contributed by atoms with Gasteiger partial charge < -0.3 is 0 Å². The number of nitrogens with zero attached hydrogens (tertiary/aromatic N) is 1. The van der Waals surface area contributed by atoms with Crippen molar-refractivity contribution in [1.29, 1.82) is 0 Å². The number of carbonyl (C=O) groups excluding carboxylic acids is 1. The van der Waals surface area contributed by atoms with Crippen LogP contribution < -0.4 is 0 Å². The van der Waals surface area contributed by atoms with E-state index in [1.54, 1.807) is 12.1 Å². The lowest BCUT2D eigenvalue weighted by Crippen LogP contribution is -2.45. The average Bonchev–Trinajstić information content (AvgIpc) is 2.36. The lowest BCUT2D eigenvalue weighted by Gasteiger charge is -2.31. The van der Waals surface area contributed by atoms with Gasteiger partial charge >= 0.3 is 0 Å². The Morgan fingerprint density at radius 1 is 1.16 bits per heavy atom. The number of likely N-dealkylation sites (N-methyl/N-ethyl adjacent to an activating group) is 1. The van der Waals surface area contributed by atoms with Crippen LogP contribution in [0.1, 0.15) is 33.3 Å². The number of hydrogen-bond donors (Lipinski definition) is 0. The molecule has 1 aromatic rings. The van der Waals surface area contributed by atoms with Gasteiger partial charge in [-0.1, -0.05) is 26.0 Å². The number of halogens is 1. The summed E-state index contributed by atoms with van der Waals surface area (Å²) in [6.07, 6.45) is 0.631. The second kappa shape index (κ2) is 6.80. The number of rotatable bonds is 6. The summed E-state index contributed by atoms with van der Waals surface area (Å²) < 4.78 is 12.9. The molecule has 0 saturated carbocycles. The number of carbonyl (C=O) groups is 1. The molecule has 2 nitrogen and oxygen atoms in total. The highest BCUT2D eigenvalue weighted by molar-refractivity contribution is 5.86. The van der Waals surface area contributed by atoms with E-state index in [0.717, 1.165) is 5.56 Å². The SMILES string of the molecule is CC(C)C(=O)[C@@H](Cc1ccc(F)cc1)N(C)C(C)C. The van der Waals surface area contributed by atoms with Crippen molar-refractivity contribution in [3.8, 4) is 0 Å². The molecule has 0 unspecified atom stereocenters. The Morgan fingerprint density at radius 2 is 1.68 bits per heavy atom. The van der Waals surface area contributed by atoms with Crippen molar-refractivity contribution in [2.24, 2.45) is 5.92 Å². The number of benzene rings is 1. The molecule has 106 valence electrons. The largest absolute Gasteiger partial charge is 0.298 e. The molecule has 0 heterocycles. The molecular formula is C16H24FNO. The first kappa shape index (κ1) is 15.8. The Labute approximate surface area is 115 Å². The van der Waals surface area contributed by atoms with Gasteiger partial charge in [-0.2, -0.15) is 0 Å². The molecule has 0 spiro atoms. The lowest BCUT2D eigenvalue weighted by atomic mass is 9.94. The third-order valence-corrected chi connectivity index (χ3v) is 3.55. The molecule has 0 amide bonds. The van der Waals surface area contributed by atoms with Crippen LogP contribution in [0, 0.1) is 11.7 Å². The van der Waals surface area contributed by atoms with E-state index in [0.29, 0.717) is 12.5 Å². The maximum Gasteiger partial charge on any atom is 0.152 e. The fourth-order valence-electron chi connectivity index (χ4n) is 2.03. The van der Waals surface area contributed by atoms with Crippen molar-refractivity contribution >= 4 is 5.78 Å². The van der Waals surface area contributed by atoms with Crippen molar-refractivity contribution in [2.75, 3.05) is 7.05 Å². The van der Waals surface area contributed by atoms with Gasteiger partial charge in [-0.25, -0.2) is 4.39 Å². The molecule has 0 fully saturated rings. The summed E-state index contributed by atoms with van der Waals surface area (Å²) in [6.45, 7) is 8.00. The van der Waals surface area contributed by atoms with E-state index in [2.05, 4.69) is 18.7 Å². The molecule has 0 saturated heterocycles. The maximum atomic E-state index is 12.9. The van der Waals surface area contributed by atoms with Crippen LogP contribution in [0.5, 0.6) is 0 Å². The standard InChI is InChI=1S/C16H24FNO/c1-11(2)16(19)15(18(5)12(3)4)10-13-6-8-14(17)9-7-13/h6-9,11-12,15H,10H2,1-5H3/t15-/m1/s1. The molecule has 19 heavy (non-hydrogen) atoms. The Morgan fingerprint density at radius 3 is 2.11 bits per heavy atom. The van der Waals surface area contributed by atoms with Crippen LogP contribution >= 0.6 is 0 Å². The summed E-state index contributed by atoms with van der Waals surface area (Å²) in [4.78, 5) is 14.4. The zero-order chi connectivity index (χ0) is 14.6. The summed E-state index contributed by atoms with van der Waals surface area (Å²) in [6, 6.07) is 6.55. The second-order valence-corrected chi connectivity index (χ2v) is 5.66. The topological polar surface area (TPSA) is 20.3 Å². The van der Waals surface area contributed by atoms with Gasteiger partial charge in [0.15, 0.2) is 5.78 Å². The molecule has 0 aliphatic carbocycles. The van der Waals surface area contributed by atoms with Gasteiger partial charge in [-0.15, -0.1) is 0 Å². The van der Waals surface area contributed by atoms with Crippen molar-refractivity contribution < 1.29 is 9.18 Å². The first-order chi connectivity index (χ1) is 8.82. The quantitative estimate of drug-likeness (QED) is 0.786. The van der Waals surface area contributed by atoms with E-state index >= 15 is 0 Å². The van der Waals surface area contributed by atoms with E-state index in [1.165, 1.54) is 12.1 Å². The molecule has 0 N–H and O–H groups in total. The third kappa shape index (κ3) is 4.43. The van der Waals surface area contributed by atoms with Crippen molar-refractivity contribution in [3.05, 3.63) is 35.6 Å². The Bertz CT molecular complexity index is 411. The van der Waals surface area contributed by atoms with Gasteiger partial charge in [-0.05, 0) is 45.0 Å². The summed E-state index contributed by atoms with van der Waals surface area (Å²) >= 11 is 0. The third-order valence-electron chi connectivity index (χ3n) is 3.55. The Balaban J connectivity index is 2.91. The minimum atomic E-state index is -0.243. The molecule has 0 aliphatic rings. The van der Waals surface area contributed by atoms with E-state index in [9.17, 15) is 9.18 Å². The highest BCUT2D eigenvalue weighted by atomic mass is 19.1. The van der Waals surface area contributed by atoms with Gasteiger partial charge in [0.05, 0.1) is 6.04 Å². The second-order valence-electron chi connectivity index (χ2n) is 5.66. The molecule has 3 heteroatoms. The van der Waals surface area contributed by atoms with E-state index in [4.69, 9.17) is 0 Å². The van der Waals surface area contributed by atoms with E-state index in [-0.39, 0.29) is 23.6 Å². The molecule has 0 bridgehead atoms. The average molecular weight is 265 g/mol. The van der Waals surface area contributed by atoms with Crippen LogP contribution in [0.4, 0.5) is 4.39 Å². The number of ketones is 1. The summed E-state index contributed by atoms with van der Waals surface area (Å²) in [5.74, 6) is -0.000117. The molecule has 1 aromatic carbocycles. The highest BCUT2D eigenvalue weighted by Gasteiger charge is 2.26. The smallest absolute Gasteiger partial charge is 0.152 e. The zero-order valence-corrected chi connectivity index (χ0v) is 12.5. The van der Waals surface area contributed by atoms with Crippen LogP contribution in [-0.2, 0) is 11.2 Å². The number of Topliss-reactive ketones (excluding diaryl/α,β-unsaturated/α-hetero) is 1. The van der Waals surface area contributed by atoms with Crippen molar-refractivity contribution in [1.82, 2.24) is 4.90 Å². The zero-order valence-electron chi connectivity index (χ0n) is 12.5. The first-order valence-electron chi connectivity index (χ1n) is 6.83. The van der Waals surface area contributed by atoms with Gasteiger partial charge in [-0.3, -0.25) is 9.69 Å². The monoisotopic (exact) mass is 265 g/mol. The fraction of sp³-hybridized carbons (Fsp3) is 0.562. The predicted molar refractivity (Wildman–Crippen MR) is 76.6 cm³/mol. The van der Waals surface area contributed by atoms with Crippen LogP contribution in [0.2, 0.25) is 0 Å². The minimum Gasteiger partial charge on any atom is -0.298 e. The predicted octanol–water partition coefficient (Wildman–Crippen LogP) is 3.30.